The van der Waals surface area contributed by atoms with Crippen LogP contribution < -0.4 is 0 Å². The molecule has 0 spiro atoms. The minimum Gasteiger partial charge on any atom is -0.103 e. The van der Waals surface area contributed by atoms with Crippen molar-refractivity contribution in [2.45, 2.75) is 32.6 Å². The van der Waals surface area contributed by atoms with Gasteiger partial charge in [0.1, 0.15) is 0 Å². The summed E-state index contributed by atoms with van der Waals surface area (Å²) >= 11 is 0. The summed E-state index contributed by atoms with van der Waals surface area (Å²) in [5.41, 5.74) is 0.439. The Labute approximate surface area is 63.6 Å². The zero-order valence-electron chi connectivity index (χ0n) is 6.77. The molecule has 10 heavy (non-hydrogen) atoms. The molecule has 1 atom stereocenters. The van der Waals surface area contributed by atoms with Crippen molar-refractivity contribution in [1.82, 2.24) is 0 Å². The van der Waals surface area contributed by atoms with Gasteiger partial charge in [-0.05, 0) is 31.1 Å². The smallest absolute Gasteiger partial charge is 0.00861 e. The molecule has 56 valence electrons. The average molecular weight is 136 g/mol. The third-order valence-corrected chi connectivity index (χ3v) is 2.64. The van der Waals surface area contributed by atoms with E-state index in [0.29, 0.717) is 5.41 Å². The van der Waals surface area contributed by atoms with Crippen LogP contribution >= 0.6 is 0 Å². The molecule has 0 aromatic heterocycles. The summed E-state index contributed by atoms with van der Waals surface area (Å²) in [7, 11) is 0. The zero-order chi connectivity index (χ0) is 7.45. The lowest BCUT2D eigenvalue weighted by atomic mass is 9.75. The van der Waals surface area contributed by atoms with Crippen LogP contribution in [0.25, 0.3) is 0 Å². The van der Waals surface area contributed by atoms with E-state index < -0.39 is 0 Å². The summed E-state index contributed by atoms with van der Waals surface area (Å²) in [6.07, 6.45) is 11.7. The van der Waals surface area contributed by atoms with Crippen molar-refractivity contribution in [3.8, 4) is 0 Å². The monoisotopic (exact) mass is 136 g/mol. The summed E-state index contributed by atoms with van der Waals surface area (Å²) in [5.74, 6) is 0. The Balaban J connectivity index is 2.64. The molecule has 1 rings (SSSR count). The average Bonchev–Trinajstić information content (AvgIpc) is 2.06. The first-order chi connectivity index (χ1) is 4.83. The number of hydrogen-bond acceptors (Lipinski definition) is 0. The number of hydrogen-bond donors (Lipinski definition) is 0. The first kappa shape index (κ1) is 7.59. The Morgan fingerprint density at radius 2 is 2.40 bits per heavy atom. The summed E-state index contributed by atoms with van der Waals surface area (Å²) in [5, 5.41) is 0. The SMILES string of the molecule is C=CC1(CC)CC=CCC1. The van der Waals surface area contributed by atoms with E-state index in [1.54, 1.807) is 0 Å². The Hall–Kier alpha value is -0.520. The second kappa shape index (κ2) is 3.05. The van der Waals surface area contributed by atoms with Crippen LogP contribution in [0, 0.1) is 5.41 Å². The van der Waals surface area contributed by atoms with Crippen LogP contribution in [0.5, 0.6) is 0 Å². The van der Waals surface area contributed by atoms with Crippen LogP contribution in [0.1, 0.15) is 32.6 Å². The number of rotatable bonds is 2. The van der Waals surface area contributed by atoms with Crippen molar-refractivity contribution in [3.05, 3.63) is 24.8 Å². The van der Waals surface area contributed by atoms with E-state index in [-0.39, 0.29) is 0 Å². The predicted octanol–water partition coefficient (Wildman–Crippen LogP) is 3.31. The fourth-order valence-corrected chi connectivity index (χ4v) is 1.56. The minimum absolute atomic E-state index is 0.439. The third-order valence-electron chi connectivity index (χ3n) is 2.64. The molecule has 0 N–H and O–H groups in total. The maximum Gasteiger partial charge on any atom is -0.00861 e. The second-order valence-electron chi connectivity index (χ2n) is 3.13. The van der Waals surface area contributed by atoms with Crippen LogP contribution in [0.3, 0.4) is 0 Å². The van der Waals surface area contributed by atoms with Crippen LogP contribution in [0.15, 0.2) is 24.8 Å². The zero-order valence-corrected chi connectivity index (χ0v) is 6.77. The van der Waals surface area contributed by atoms with Gasteiger partial charge in [0.2, 0.25) is 0 Å². The highest BCUT2D eigenvalue weighted by Gasteiger charge is 2.23. The van der Waals surface area contributed by atoms with Gasteiger partial charge in [0.25, 0.3) is 0 Å². The molecule has 0 aromatic carbocycles. The predicted molar refractivity (Wildman–Crippen MR) is 45.9 cm³/mol. The van der Waals surface area contributed by atoms with Crippen molar-refractivity contribution in [1.29, 1.82) is 0 Å². The molecule has 0 heteroatoms. The lowest BCUT2D eigenvalue weighted by Gasteiger charge is -2.30. The van der Waals surface area contributed by atoms with Crippen LogP contribution in [-0.2, 0) is 0 Å². The van der Waals surface area contributed by atoms with Crippen LogP contribution in [0.2, 0.25) is 0 Å². The highest BCUT2D eigenvalue weighted by molar-refractivity contribution is 5.04. The molecule has 0 nitrogen and oxygen atoms in total. The Morgan fingerprint density at radius 1 is 1.60 bits per heavy atom. The summed E-state index contributed by atoms with van der Waals surface area (Å²) in [6, 6.07) is 0. The van der Waals surface area contributed by atoms with E-state index >= 15 is 0 Å². The fourth-order valence-electron chi connectivity index (χ4n) is 1.56. The topological polar surface area (TPSA) is 0 Å². The van der Waals surface area contributed by atoms with E-state index in [0.717, 1.165) is 0 Å². The molecular formula is C10H16. The summed E-state index contributed by atoms with van der Waals surface area (Å²) in [4.78, 5) is 0. The van der Waals surface area contributed by atoms with Gasteiger partial charge in [0.15, 0.2) is 0 Å². The maximum atomic E-state index is 3.89. The van der Waals surface area contributed by atoms with E-state index in [1.165, 1.54) is 25.7 Å². The second-order valence-corrected chi connectivity index (χ2v) is 3.13. The van der Waals surface area contributed by atoms with E-state index in [9.17, 15) is 0 Å². The molecule has 0 aromatic rings. The fraction of sp³-hybridized carbons (Fsp3) is 0.600. The summed E-state index contributed by atoms with van der Waals surface area (Å²) in [6.45, 7) is 6.14. The van der Waals surface area contributed by atoms with Gasteiger partial charge in [-0.15, -0.1) is 6.58 Å². The minimum atomic E-state index is 0.439. The van der Waals surface area contributed by atoms with Crippen molar-refractivity contribution < 1.29 is 0 Å². The molecular weight excluding hydrogens is 120 g/mol. The van der Waals surface area contributed by atoms with Gasteiger partial charge in [0.05, 0.1) is 0 Å². The van der Waals surface area contributed by atoms with Crippen LogP contribution in [-0.4, -0.2) is 0 Å². The van der Waals surface area contributed by atoms with Crippen molar-refractivity contribution in [2.75, 3.05) is 0 Å². The molecule has 0 bridgehead atoms. The molecule has 0 fully saturated rings. The largest absolute Gasteiger partial charge is 0.103 e. The molecule has 1 aliphatic carbocycles. The third kappa shape index (κ3) is 1.31. The Bertz CT molecular complexity index is 144. The Kier molecular flexibility index (Phi) is 2.31. The van der Waals surface area contributed by atoms with Gasteiger partial charge in [-0.25, -0.2) is 0 Å². The van der Waals surface area contributed by atoms with Gasteiger partial charge in [-0.2, -0.15) is 0 Å². The lowest BCUT2D eigenvalue weighted by molar-refractivity contribution is 0.333. The molecule has 1 aliphatic rings. The standard InChI is InChI=1S/C10H16/c1-3-10(4-2)8-6-5-7-9-10/h3,5-6H,1,4,7-9H2,2H3. The molecule has 1 unspecified atom stereocenters. The molecule has 0 aliphatic heterocycles. The van der Waals surface area contributed by atoms with Gasteiger partial charge in [0, 0.05) is 0 Å². The van der Waals surface area contributed by atoms with Gasteiger partial charge >= 0.3 is 0 Å². The maximum absolute atomic E-state index is 3.89. The van der Waals surface area contributed by atoms with Crippen molar-refractivity contribution >= 4 is 0 Å². The molecule has 0 amide bonds. The summed E-state index contributed by atoms with van der Waals surface area (Å²) < 4.78 is 0. The highest BCUT2D eigenvalue weighted by Crippen LogP contribution is 2.36. The van der Waals surface area contributed by atoms with Gasteiger partial charge in [-0.1, -0.05) is 25.2 Å². The van der Waals surface area contributed by atoms with E-state index in [2.05, 4.69) is 31.7 Å². The lowest BCUT2D eigenvalue weighted by Crippen LogP contribution is -2.17. The molecule has 0 radical (unpaired) electrons. The van der Waals surface area contributed by atoms with Crippen LogP contribution in [0.4, 0.5) is 0 Å². The highest BCUT2D eigenvalue weighted by atomic mass is 14.3. The first-order valence-electron chi connectivity index (χ1n) is 4.11. The molecule has 0 saturated carbocycles. The Morgan fingerprint density at radius 3 is 2.70 bits per heavy atom. The normalized spacial score (nSPS) is 32.1. The first-order valence-corrected chi connectivity index (χ1v) is 4.11. The molecule has 0 heterocycles. The van der Waals surface area contributed by atoms with Gasteiger partial charge in [-0.3, -0.25) is 0 Å². The van der Waals surface area contributed by atoms with Gasteiger partial charge < -0.3 is 0 Å². The molecule has 0 saturated heterocycles. The quantitative estimate of drug-likeness (QED) is 0.511. The van der Waals surface area contributed by atoms with E-state index in [4.69, 9.17) is 0 Å². The van der Waals surface area contributed by atoms with Crippen molar-refractivity contribution in [2.24, 2.45) is 5.41 Å². The van der Waals surface area contributed by atoms with E-state index in [1.807, 2.05) is 0 Å². The number of allylic oxidation sites excluding steroid dienone is 3. The van der Waals surface area contributed by atoms with Crippen molar-refractivity contribution in [3.63, 3.8) is 0 Å².